The Morgan fingerprint density at radius 1 is 0.481 bits per heavy atom. The zero-order valence-corrected chi connectivity index (χ0v) is 14.5. The molecule has 0 amide bonds. The van der Waals surface area contributed by atoms with Gasteiger partial charge in [-0.05, 0) is 36.4 Å². The van der Waals surface area contributed by atoms with Gasteiger partial charge in [0.2, 0.25) is 0 Å². The smallest absolute Gasteiger partial charge is 0.0900 e. The van der Waals surface area contributed by atoms with Crippen molar-refractivity contribution in [2.45, 2.75) is 0 Å². The van der Waals surface area contributed by atoms with Gasteiger partial charge in [0.15, 0.2) is 0 Å². The third-order valence-corrected chi connectivity index (χ3v) is 5.46. The number of hydrogen-bond acceptors (Lipinski definition) is 1. The van der Waals surface area contributed by atoms with Crippen LogP contribution in [0.4, 0.5) is 0 Å². The molecular formula is C24H16N2O. The normalized spacial score (nSPS) is 11.9. The summed E-state index contributed by atoms with van der Waals surface area (Å²) in [4.78, 5) is 0. The summed E-state index contributed by atoms with van der Waals surface area (Å²) >= 11 is 0. The number of para-hydroxylation sites is 3. The summed E-state index contributed by atoms with van der Waals surface area (Å²) in [6.07, 6.45) is 0. The first-order valence-electron chi connectivity index (χ1n) is 9.04. The molecule has 0 saturated heterocycles. The SMILES string of the molecule is On1c2ccccc2c2cc3c4ccccc4n(-c4ccccc4)c3cc21. The number of aromatic nitrogens is 2. The predicted octanol–water partition coefficient (Wildman–Crippen LogP) is 6.13. The lowest BCUT2D eigenvalue weighted by molar-refractivity contribution is 0.213. The number of nitrogens with zero attached hydrogens (tertiary/aromatic N) is 2. The van der Waals surface area contributed by atoms with Gasteiger partial charge in [-0.1, -0.05) is 54.6 Å². The molecule has 0 spiro atoms. The highest BCUT2D eigenvalue weighted by Crippen LogP contribution is 2.37. The van der Waals surface area contributed by atoms with Crippen molar-refractivity contribution < 1.29 is 5.21 Å². The Morgan fingerprint density at radius 2 is 1.07 bits per heavy atom. The minimum absolute atomic E-state index is 0.823. The lowest BCUT2D eigenvalue weighted by Gasteiger charge is -2.07. The van der Waals surface area contributed by atoms with E-state index in [1.54, 1.807) is 0 Å². The number of benzene rings is 4. The lowest BCUT2D eigenvalue weighted by atomic mass is 10.1. The second kappa shape index (κ2) is 5.15. The highest BCUT2D eigenvalue weighted by Gasteiger charge is 2.16. The van der Waals surface area contributed by atoms with Crippen LogP contribution in [0.5, 0.6) is 0 Å². The van der Waals surface area contributed by atoms with Gasteiger partial charge in [0, 0.05) is 27.2 Å². The van der Waals surface area contributed by atoms with Gasteiger partial charge >= 0.3 is 0 Å². The lowest BCUT2D eigenvalue weighted by Crippen LogP contribution is -1.94. The van der Waals surface area contributed by atoms with Gasteiger partial charge in [-0.2, -0.15) is 4.73 Å². The molecule has 3 nitrogen and oxygen atoms in total. The summed E-state index contributed by atoms with van der Waals surface area (Å²) in [6, 6.07) is 31.1. The standard InChI is InChI=1S/C24H16N2O/c27-26-22-13-7-5-11-18(22)20-14-19-17-10-4-6-12-21(17)25(23(19)15-24(20)26)16-8-2-1-3-9-16/h1-15,27H. The minimum atomic E-state index is 0.823. The first-order valence-corrected chi connectivity index (χ1v) is 9.04. The molecule has 0 saturated carbocycles. The van der Waals surface area contributed by atoms with Crippen molar-refractivity contribution in [3.63, 3.8) is 0 Å². The van der Waals surface area contributed by atoms with E-state index in [1.807, 2.05) is 24.3 Å². The Morgan fingerprint density at radius 3 is 1.85 bits per heavy atom. The van der Waals surface area contributed by atoms with Crippen molar-refractivity contribution in [2.24, 2.45) is 0 Å². The fourth-order valence-electron chi connectivity index (χ4n) is 4.27. The summed E-state index contributed by atoms with van der Waals surface area (Å²) < 4.78 is 3.57. The third-order valence-electron chi connectivity index (χ3n) is 5.46. The molecule has 0 radical (unpaired) electrons. The van der Waals surface area contributed by atoms with E-state index in [9.17, 15) is 5.21 Å². The molecule has 0 fully saturated rings. The zero-order valence-electron chi connectivity index (χ0n) is 14.5. The van der Waals surface area contributed by atoms with E-state index in [0.29, 0.717) is 0 Å². The average Bonchev–Trinajstić information content (AvgIpc) is 3.20. The molecular weight excluding hydrogens is 332 g/mol. The van der Waals surface area contributed by atoms with Gasteiger partial charge < -0.3 is 9.77 Å². The largest absolute Gasteiger partial charge is 0.428 e. The molecule has 0 atom stereocenters. The highest BCUT2D eigenvalue weighted by atomic mass is 16.5. The Kier molecular flexibility index (Phi) is 2.75. The van der Waals surface area contributed by atoms with Crippen LogP contribution in [-0.2, 0) is 0 Å². The topological polar surface area (TPSA) is 30.1 Å². The van der Waals surface area contributed by atoms with Crippen LogP contribution < -0.4 is 0 Å². The molecule has 0 aliphatic rings. The van der Waals surface area contributed by atoms with Crippen LogP contribution in [0.2, 0.25) is 0 Å². The molecule has 2 aromatic heterocycles. The second-order valence-corrected chi connectivity index (χ2v) is 6.90. The predicted molar refractivity (Wildman–Crippen MR) is 111 cm³/mol. The summed E-state index contributed by atoms with van der Waals surface area (Å²) in [7, 11) is 0. The van der Waals surface area contributed by atoms with E-state index in [1.165, 1.54) is 21.0 Å². The Hall–Kier alpha value is -3.72. The molecule has 3 heteroatoms. The van der Waals surface area contributed by atoms with Gasteiger partial charge in [-0.25, -0.2) is 0 Å². The van der Waals surface area contributed by atoms with E-state index in [4.69, 9.17) is 0 Å². The van der Waals surface area contributed by atoms with Crippen molar-refractivity contribution in [3.05, 3.63) is 91.0 Å². The summed E-state index contributed by atoms with van der Waals surface area (Å²) in [5.41, 5.74) is 5.02. The zero-order chi connectivity index (χ0) is 18.0. The van der Waals surface area contributed by atoms with Gasteiger partial charge in [-0.15, -0.1) is 0 Å². The monoisotopic (exact) mass is 348 g/mol. The summed E-state index contributed by atoms with van der Waals surface area (Å²) in [6.45, 7) is 0. The van der Waals surface area contributed by atoms with Gasteiger partial charge in [0.1, 0.15) is 0 Å². The van der Waals surface area contributed by atoms with E-state index >= 15 is 0 Å². The average molecular weight is 348 g/mol. The van der Waals surface area contributed by atoms with Crippen LogP contribution in [0.25, 0.3) is 49.3 Å². The first-order chi connectivity index (χ1) is 13.3. The highest BCUT2D eigenvalue weighted by molar-refractivity contribution is 6.18. The van der Waals surface area contributed by atoms with E-state index in [2.05, 4.69) is 71.3 Å². The number of fused-ring (bicyclic) bond motifs is 6. The molecule has 6 rings (SSSR count). The van der Waals surface area contributed by atoms with Gasteiger partial charge in [0.05, 0.1) is 22.1 Å². The molecule has 0 aliphatic heterocycles. The van der Waals surface area contributed by atoms with Crippen molar-refractivity contribution in [2.75, 3.05) is 0 Å². The van der Waals surface area contributed by atoms with E-state index < -0.39 is 0 Å². The molecule has 2 heterocycles. The number of rotatable bonds is 1. The van der Waals surface area contributed by atoms with Crippen molar-refractivity contribution in [1.82, 2.24) is 9.30 Å². The molecule has 0 aliphatic carbocycles. The molecule has 6 aromatic rings. The van der Waals surface area contributed by atoms with Gasteiger partial charge in [-0.3, -0.25) is 0 Å². The fourth-order valence-corrected chi connectivity index (χ4v) is 4.27. The van der Waals surface area contributed by atoms with Crippen LogP contribution in [0, 0.1) is 0 Å². The van der Waals surface area contributed by atoms with Crippen LogP contribution in [0.15, 0.2) is 91.0 Å². The van der Waals surface area contributed by atoms with E-state index in [-0.39, 0.29) is 0 Å². The first kappa shape index (κ1) is 14.4. The quantitative estimate of drug-likeness (QED) is 0.356. The number of hydrogen-bond donors (Lipinski definition) is 1. The molecule has 0 unspecified atom stereocenters. The maximum atomic E-state index is 10.8. The van der Waals surface area contributed by atoms with Crippen LogP contribution in [0.3, 0.4) is 0 Å². The third kappa shape index (κ3) is 1.86. The molecule has 1 N–H and O–H groups in total. The van der Waals surface area contributed by atoms with Crippen molar-refractivity contribution in [1.29, 1.82) is 0 Å². The van der Waals surface area contributed by atoms with Crippen molar-refractivity contribution >= 4 is 43.6 Å². The maximum absolute atomic E-state index is 10.8. The Balaban J connectivity index is 1.87. The molecule has 27 heavy (non-hydrogen) atoms. The molecule has 128 valence electrons. The second-order valence-electron chi connectivity index (χ2n) is 6.90. The Labute approximate surface area is 155 Å². The fraction of sp³-hybridized carbons (Fsp3) is 0. The minimum Gasteiger partial charge on any atom is -0.428 e. The summed E-state index contributed by atoms with van der Waals surface area (Å²) in [5.74, 6) is 0. The summed E-state index contributed by atoms with van der Waals surface area (Å²) in [5, 5.41) is 15.3. The van der Waals surface area contributed by atoms with E-state index in [0.717, 1.165) is 33.0 Å². The van der Waals surface area contributed by atoms with Crippen molar-refractivity contribution in [3.8, 4) is 5.69 Å². The molecule has 4 aromatic carbocycles. The van der Waals surface area contributed by atoms with Crippen LogP contribution in [-0.4, -0.2) is 14.5 Å². The maximum Gasteiger partial charge on any atom is 0.0900 e. The van der Waals surface area contributed by atoms with Gasteiger partial charge in [0.25, 0.3) is 0 Å². The van der Waals surface area contributed by atoms with Crippen LogP contribution >= 0.6 is 0 Å². The Bertz CT molecular complexity index is 1470. The van der Waals surface area contributed by atoms with Crippen LogP contribution in [0.1, 0.15) is 0 Å². The molecule has 0 bridgehead atoms.